The summed E-state index contributed by atoms with van der Waals surface area (Å²) in [6.45, 7) is 0.975. The third kappa shape index (κ3) is 9.17. The van der Waals surface area contributed by atoms with E-state index in [9.17, 15) is 4.79 Å². The van der Waals surface area contributed by atoms with E-state index in [2.05, 4.69) is 5.73 Å². The summed E-state index contributed by atoms with van der Waals surface area (Å²) in [5.41, 5.74) is 3.72. The van der Waals surface area contributed by atoms with Gasteiger partial charge < -0.3 is 10.8 Å². The number of aliphatic carboxylic acids is 1. The van der Waals surface area contributed by atoms with Gasteiger partial charge in [0, 0.05) is 6.08 Å². The van der Waals surface area contributed by atoms with Crippen LogP contribution in [0.4, 0.5) is 0 Å². The van der Waals surface area contributed by atoms with Crippen molar-refractivity contribution in [1.82, 2.24) is 0 Å². The quantitative estimate of drug-likeness (QED) is 0.435. The average molecular weight is 158 g/mol. The maximum atomic E-state index is 9.99. The Labute approximate surface area is 66.9 Å². The fourth-order valence-electron chi connectivity index (χ4n) is 0.800. The summed E-state index contributed by atoms with van der Waals surface area (Å²) < 4.78 is 0. The van der Waals surface area contributed by atoms with E-state index in [0.29, 0.717) is 0 Å². The number of allylic oxidation sites excluding steroid dienone is 1. The van der Waals surface area contributed by atoms with Crippen molar-refractivity contribution < 1.29 is 15.6 Å². The summed E-state index contributed by atoms with van der Waals surface area (Å²) >= 11 is 0. The van der Waals surface area contributed by atoms with Gasteiger partial charge in [-0.25, -0.2) is 4.79 Å². The zero-order valence-corrected chi connectivity index (χ0v) is 6.75. The van der Waals surface area contributed by atoms with Gasteiger partial charge in [-0.3, -0.25) is 0 Å². The molecule has 0 heterocycles. The van der Waals surface area contributed by atoms with Gasteiger partial charge >= 0.3 is 5.97 Å². The SMILES string of the molecule is [NH3+]CCCCCC=CC(=O)O. The Bertz CT molecular complexity index is 132. The minimum Gasteiger partial charge on any atom is -0.478 e. The second kappa shape index (κ2) is 7.28. The number of hydrogen-bond acceptors (Lipinski definition) is 1. The Morgan fingerprint density at radius 3 is 2.64 bits per heavy atom. The van der Waals surface area contributed by atoms with E-state index in [-0.39, 0.29) is 0 Å². The molecule has 0 fully saturated rings. The molecule has 0 amide bonds. The molecule has 64 valence electrons. The number of carbonyl (C=O) groups is 1. The lowest BCUT2D eigenvalue weighted by molar-refractivity contribution is -0.368. The molecule has 0 radical (unpaired) electrons. The van der Waals surface area contributed by atoms with E-state index in [4.69, 9.17) is 5.11 Å². The second-order valence-electron chi connectivity index (χ2n) is 2.44. The highest BCUT2D eigenvalue weighted by Crippen LogP contribution is 1.98. The summed E-state index contributed by atoms with van der Waals surface area (Å²) in [7, 11) is 0. The minimum atomic E-state index is -0.859. The molecule has 0 spiro atoms. The van der Waals surface area contributed by atoms with Crippen molar-refractivity contribution >= 4 is 5.97 Å². The predicted molar refractivity (Wildman–Crippen MR) is 43.0 cm³/mol. The minimum absolute atomic E-state index is 0.859. The van der Waals surface area contributed by atoms with Crippen molar-refractivity contribution in [1.29, 1.82) is 0 Å². The Kier molecular flexibility index (Phi) is 6.73. The zero-order valence-electron chi connectivity index (χ0n) is 6.75. The molecule has 0 aromatic rings. The molecule has 3 nitrogen and oxygen atoms in total. The van der Waals surface area contributed by atoms with Crippen LogP contribution in [0, 0.1) is 0 Å². The number of hydrogen-bond donors (Lipinski definition) is 2. The molecule has 0 atom stereocenters. The van der Waals surface area contributed by atoms with Crippen LogP contribution >= 0.6 is 0 Å². The van der Waals surface area contributed by atoms with Crippen LogP contribution in [0.1, 0.15) is 25.7 Å². The third-order valence-electron chi connectivity index (χ3n) is 1.38. The van der Waals surface area contributed by atoms with Crippen molar-refractivity contribution in [2.75, 3.05) is 6.54 Å². The summed E-state index contributed by atoms with van der Waals surface area (Å²) in [5, 5.41) is 8.22. The van der Waals surface area contributed by atoms with E-state index in [0.717, 1.165) is 32.2 Å². The van der Waals surface area contributed by atoms with Gasteiger partial charge in [0.15, 0.2) is 0 Å². The van der Waals surface area contributed by atoms with Gasteiger partial charge in [0.1, 0.15) is 0 Å². The second-order valence-corrected chi connectivity index (χ2v) is 2.44. The monoisotopic (exact) mass is 158 g/mol. The molecule has 0 aliphatic rings. The average Bonchev–Trinajstić information content (AvgIpc) is 1.96. The van der Waals surface area contributed by atoms with E-state index >= 15 is 0 Å². The number of carboxylic acids is 1. The summed E-state index contributed by atoms with van der Waals surface area (Å²) in [4.78, 5) is 9.99. The van der Waals surface area contributed by atoms with Gasteiger partial charge in [0.25, 0.3) is 0 Å². The third-order valence-corrected chi connectivity index (χ3v) is 1.38. The molecule has 11 heavy (non-hydrogen) atoms. The highest BCUT2D eigenvalue weighted by molar-refractivity contribution is 5.79. The molecular formula is C8H16NO2+. The molecule has 0 saturated carbocycles. The lowest BCUT2D eigenvalue weighted by Gasteiger charge is -1.91. The lowest BCUT2D eigenvalue weighted by Crippen LogP contribution is -2.50. The van der Waals surface area contributed by atoms with Gasteiger partial charge in [-0.05, 0) is 25.7 Å². The molecule has 0 aromatic carbocycles. The van der Waals surface area contributed by atoms with Gasteiger partial charge in [-0.2, -0.15) is 0 Å². The first-order valence-electron chi connectivity index (χ1n) is 3.96. The van der Waals surface area contributed by atoms with Gasteiger partial charge in [-0.1, -0.05) is 6.08 Å². The van der Waals surface area contributed by atoms with Crippen molar-refractivity contribution in [2.45, 2.75) is 25.7 Å². The molecule has 0 saturated heterocycles. The smallest absolute Gasteiger partial charge is 0.327 e. The first kappa shape index (κ1) is 10.2. The molecule has 0 aliphatic carbocycles. The predicted octanol–water partition coefficient (Wildman–Crippen LogP) is 0.429. The zero-order chi connectivity index (χ0) is 8.53. The summed E-state index contributed by atoms with van der Waals surface area (Å²) in [6.07, 6.45) is 7.12. The molecule has 0 rings (SSSR count). The first-order valence-corrected chi connectivity index (χ1v) is 3.96. The molecular weight excluding hydrogens is 142 g/mol. The first-order chi connectivity index (χ1) is 5.27. The molecule has 3 heteroatoms. The van der Waals surface area contributed by atoms with Crippen molar-refractivity contribution in [3.05, 3.63) is 12.2 Å². The normalized spacial score (nSPS) is 10.6. The van der Waals surface area contributed by atoms with Gasteiger partial charge in [-0.15, -0.1) is 0 Å². The fraction of sp³-hybridized carbons (Fsp3) is 0.625. The molecule has 0 aliphatic heterocycles. The van der Waals surface area contributed by atoms with Crippen LogP contribution in [-0.4, -0.2) is 17.6 Å². The number of quaternary nitrogens is 1. The highest BCUT2D eigenvalue weighted by atomic mass is 16.4. The standard InChI is InChI=1S/C8H15NO2/c9-7-5-3-1-2-4-6-8(10)11/h4,6H,1-3,5,7,9H2,(H,10,11)/p+1. The van der Waals surface area contributed by atoms with Crippen molar-refractivity contribution in [3.8, 4) is 0 Å². The number of carboxylic acid groups (broad SMARTS) is 1. The largest absolute Gasteiger partial charge is 0.478 e. The fourth-order valence-corrected chi connectivity index (χ4v) is 0.800. The summed E-state index contributed by atoms with van der Waals surface area (Å²) in [5.74, 6) is -0.859. The van der Waals surface area contributed by atoms with Crippen LogP contribution in [0.25, 0.3) is 0 Å². The number of unbranched alkanes of at least 4 members (excludes halogenated alkanes) is 3. The van der Waals surface area contributed by atoms with Crippen LogP contribution in [0.2, 0.25) is 0 Å². The van der Waals surface area contributed by atoms with E-state index in [1.807, 2.05) is 0 Å². The lowest BCUT2D eigenvalue weighted by atomic mass is 10.2. The van der Waals surface area contributed by atoms with Crippen LogP contribution in [0.5, 0.6) is 0 Å². The Hall–Kier alpha value is -0.830. The molecule has 0 aromatic heterocycles. The van der Waals surface area contributed by atoms with Gasteiger partial charge in [0.2, 0.25) is 0 Å². The van der Waals surface area contributed by atoms with Gasteiger partial charge in [0.05, 0.1) is 6.54 Å². The van der Waals surface area contributed by atoms with Crippen LogP contribution < -0.4 is 5.73 Å². The van der Waals surface area contributed by atoms with Crippen LogP contribution in [0.15, 0.2) is 12.2 Å². The molecule has 4 N–H and O–H groups in total. The highest BCUT2D eigenvalue weighted by Gasteiger charge is 1.87. The van der Waals surface area contributed by atoms with Crippen molar-refractivity contribution in [2.24, 2.45) is 0 Å². The van der Waals surface area contributed by atoms with E-state index < -0.39 is 5.97 Å². The Morgan fingerprint density at radius 1 is 1.36 bits per heavy atom. The molecule has 0 unspecified atom stereocenters. The maximum Gasteiger partial charge on any atom is 0.327 e. The summed E-state index contributed by atoms with van der Waals surface area (Å²) in [6, 6.07) is 0. The number of rotatable bonds is 6. The maximum absolute atomic E-state index is 9.99. The molecule has 0 bridgehead atoms. The van der Waals surface area contributed by atoms with Crippen LogP contribution in [0.3, 0.4) is 0 Å². The Morgan fingerprint density at radius 2 is 2.09 bits per heavy atom. The van der Waals surface area contributed by atoms with Crippen molar-refractivity contribution in [3.63, 3.8) is 0 Å². The topological polar surface area (TPSA) is 64.9 Å². The van der Waals surface area contributed by atoms with E-state index in [1.54, 1.807) is 6.08 Å². The Balaban J connectivity index is 3.07. The van der Waals surface area contributed by atoms with E-state index in [1.165, 1.54) is 6.08 Å². The van der Waals surface area contributed by atoms with Crippen LogP contribution in [-0.2, 0) is 4.79 Å².